The lowest BCUT2D eigenvalue weighted by atomic mass is 10.00. The number of nitrogens with zero attached hydrogens (tertiary/aromatic N) is 4. The monoisotopic (exact) mass is 519 g/mol. The summed E-state index contributed by atoms with van der Waals surface area (Å²) >= 11 is 0. The zero-order valence-electron chi connectivity index (χ0n) is 21.6. The number of rotatable bonds is 9. The van der Waals surface area contributed by atoms with E-state index in [-0.39, 0.29) is 11.5 Å². The highest BCUT2D eigenvalue weighted by Gasteiger charge is 2.21. The molecule has 3 aromatic rings. The van der Waals surface area contributed by atoms with Crippen molar-refractivity contribution in [1.82, 2.24) is 14.5 Å². The predicted molar refractivity (Wildman–Crippen MR) is 151 cm³/mol. The number of aromatic nitrogens is 2. The Kier molecular flexibility index (Phi) is 8.33. The topological polar surface area (TPSA) is 111 Å². The molecule has 8 nitrogen and oxygen atoms in total. The van der Waals surface area contributed by atoms with Crippen LogP contribution in [0.4, 0.5) is 5.69 Å². The maximum atomic E-state index is 13.2. The second-order valence-electron chi connectivity index (χ2n) is 9.27. The first-order valence-electron chi connectivity index (χ1n) is 12.6. The van der Waals surface area contributed by atoms with E-state index >= 15 is 0 Å². The number of hydrogen-bond acceptors (Lipinski definition) is 6. The van der Waals surface area contributed by atoms with Crippen molar-refractivity contribution in [2.75, 3.05) is 25.1 Å². The van der Waals surface area contributed by atoms with Crippen LogP contribution < -0.4 is 11.3 Å². The molecule has 2 aromatic carbocycles. The second kappa shape index (κ2) is 11.6. The minimum atomic E-state index is -0.984. The third-order valence-corrected chi connectivity index (χ3v) is 7.08. The second-order valence-corrected chi connectivity index (χ2v) is 10.8. The van der Waals surface area contributed by atoms with Gasteiger partial charge in [0.2, 0.25) is 5.91 Å². The Morgan fingerprint density at radius 3 is 2.51 bits per heavy atom. The molecular formula is C28H33N5O3S. The average molecular weight is 520 g/mol. The summed E-state index contributed by atoms with van der Waals surface area (Å²) in [5, 5.41) is 0.514. The van der Waals surface area contributed by atoms with E-state index in [0.29, 0.717) is 59.8 Å². The Labute approximate surface area is 219 Å². The third-order valence-electron chi connectivity index (χ3n) is 6.32. The molecule has 0 fully saturated rings. The molecule has 0 aliphatic carbocycles. The molecule has 2 heterocycles. The number of hydrogen-bond donors (Lipinski definition) is 1. The Morgan fingerprint density at radius 2 is 1.81 bits per heavy atom. The van der Waals surface area contributed by atoms with E-state index in [1.165, 1.54) is 10.9 Å². The van der Waals surface area contributed by atoms with Gasteiger partial charge < -0.3 is 10.6 Å². The van der Waals surface area contributed by atoms with E-state index in [1.807, 2.05) is 41.3 Å². The minimum Gasteiger partial charge on any atom is -0.387 e. The molecule has 2 N–H and O–H groups in total. The molecule has 9 heteroatoms. The fourth-order valence-corrected chi connectivity index (χ4v) is 4.94. The van der Waals surface area contributed by atoms with Gasteiger partial charge in [-0.2, -0.15) is 0 Å². The summed E-state index contributed by atoms with van der Waals surface area (Å²) in [6, 6.07) is 11.4. The number of carbonyl (C=O) groups is 1. The molecule has 194 valence electrons. The van der Waals surface area contributed by atoms with Gasteiger partial charge in [0, 0.05) is 60.0 Å². The SMILES string of the molecule is CCCN(CCC)C(=O)C1=Cc2ccc(-c3ccc4c(=O)n(CCS(C)=O)cnc4c3)cc2N=C(N)C1. The van der Waals surface area contributed by atoms with Crippen LogP contribution in [0.2, 0.25) is 0 Å². The van der Waals surface area contributed by atoms with Crippen molar-refractivity contribution in [3.05, 3.63) is 64.2 Å². The minimum absolute atomic E-state index is 0.00946. The van der Waals surface area contributed by atoms with Gasteiger partial charge in [-0.15, -0.1) is 0 Å². The van der Waals surface area contributed by atoms with E-state index in [1.54, 1.807) is 12.3 Å². The smallest absolute Gasteiger partial charge is 0.261 e. The van der Waals surface area contributed by atoms with Crippen molar-refractivity contribution < 1.29 is 9.00 Å². The maximum Gasteiger partial charge on any atom is 0.261 e. The number of benzene rings is 2. The van der Waals surface area contributed by atoms with Crippen LogP contribution in [0.15, 0.2) is 58.1 Å². The van der Waals surface area contributed by atoms with E-state index in [0.717, 1.165) is 29.5 Å². The molecule has 1 aliphatic rings. The van der Waals surface area contributed by atoms with Gasteiger partial charge in [-0.3, -0.25) is 18.4 Å². The Hall–Kier alpha value is -3.59. The molecule has 1 amide bonds. The molecule has 1 unspecified atom stereocenters. The summed E-state index contributed by atoms with van der Waals surface area (Å²) in [5.41, 5.74) is 10.7. The number of amidine groups is 1. The molecule has 0 spiro atoms. The molecule has 0 bridgehead atoms. The summed E-state index contributed by atoms with van der Waals surface area (Å²) < 4.78 is 12.9. The Bertz CT molecular complexity index is 1470. The number of amides is 1. The van der Waals surface area contributed by atoms with Gasteiger partial charge in [-0.05, 0) is 48.2 Å². The van der Waals surface area contributed by atoms with Crippen molar-refractivity contribution in [3.8, 4) is 11.1 Å². The van der Waals surface area contributed by atoms with Crippen molar-refractivity contribution in [3.63, 3.8) is 0 Å². The highest BCUT2D eigenvalue weighted by atomic mass is 32.2. The van der Waals surface area contributed by atoms with E-state index in [9.17, 15) is 13.8 Å². The van der Waals surface area contributed by atoms with Gasteiger partial charge in [-0.1, -0.05) is 32.0 Å². The molecule has 0 saturated heterocycles. The van der Waals surface area contributed by atoms with E-state index in [4.69, 9.17) is 5.73 Å². The van der Waals surface area contributed by atoms with Crippen LogP contribution in [0.5, 0.6) is 0 Å². The van der Waals surface area contributed by atoms with Gasteiger partial charge in [0.25, 0.3) is 5.56 Å². The van der Waals surface area contributed by atoms with Crippen LogP contribution in [0, 0.1) is 0 Å². The van der Waals surface area contributed by atoms with Crippen LogP contribution in [0.25, 0.3) is 28.1 Å². The average Bonchev–Trinajstić information content (AvgIpc) is 3.04. The summed E-state index contributed by atoms with van der Waals surface area (Å²) in [6.45, 7) is 5.93. The van der Waals surface area contributed by atoms with Gasteiger partial charge in [0.05, 0.1) is 22.9 Å². The first-order chi connectivity index (χ1) is 17.8. The lowest BCUT2D eigenvalue weighted by Crippen LogP contribution is -2.34. The van der Waals surface area contributed by atoms with Gasteiger partial charge in [0.15, 0.2) is 0 Å². The van der Waals surface area contributed by atoms with Crippen LogP contribution in [-0.4, -0.2) is 55.5 Å². The number of nitrogens with two attached hydrogens (primary N) is 1. The Morgan fingerprint density at radius 1 is 1.11 bits per heavy atom. The standard InChI is InChI=1S/C28H33N5O3S/c1-4-10-32(11-5-2)27(34)22-14-21-7-6-19(15-24(21)31-26(29)17-22)20-8-9-23-25(16-20)30-18-33(28(23)35)12-13-37(3)36/h6-9,14-16,18H,4-5,10-13,17H2,1-3H3,(H2,29,31). The maximum absolute atomic E-state index is 13.2. The predicted octanol–water partition coefficient (Wildman–Crippen LogP) is 3.87. The molecule has 37 heavy (non-hydrogen) atoms. The number of carbonyl (C=O) groups excluding carboxylic acids is 1. The number of aryl methyl sites for hydroxylation is 1. The van der Waals surface area contributed by atoms with Crippen molar-refractivity contribution in [2.45, 2.75) is 39.7 Å². The van der Waals surface area contributed by atoms with Crippen LogP contribution in [0.1, 0.15) is 38.7 Å². The van der Waals surface area contributed by atoms with Crippen LogP contribution >= 0.6 is 0 Å². The molecule has 0 saturated carbocycles. The highest BCUT2D eigenvalue weighted by molar-refractivity contribution is 7.84. The normalized spacial score (nSPS) is 13.9. The van der Waals surface area contributed by atoms with Crippen molar-refractivity contribution >= 4 is 45.2 Å². The number of aliphatic imine (C=N–C) groups is 1. The van der Waals surface area contributed by atoms with E-state index in [2.05, 4.69) is 23.8 Å². The van der Waals surface area contributed by atoms with E-state index < -0.39 is 10.8 Å². The fourth-order valence-electron chi connectivity index (χ4n) is 4.49. The van der Waals surface area contributed by atoms with Gasteiger partial charge >= 0.3 is 0 Å². The quantitative estimate of drug-likeness (QED) is 0.461. The highest BCUT2D eigenvalue weighted by Crippen LogP contribution is 2.32. The summed E-state index contributed by atoms with van der Waals surface area (Å²) in [6.07, 6.45) is 7.13. The first kappa shape index (κ1) is 26.5. The van der Waals surface area contributed by atoms with Gasteiger partial charge in [-0.25, -0.2) is 9.98 Å². The Balaban J connectivity index is 1.67. The fraction of sp³-hybridized carbons (Fsp3) is 0.357. The lowest BCUT2D eigenvalue weighted by molar-refractivity contribution is -0.127. The van der Waals surface area contributed by atoms with Crippen molar-refractivity contribution in [1.29, 1.82) is 0 Å². The van der Waals surface area contributed by atoms with Crippen LogP contribution in [-0.2, 0) is 22.1 Å². The molecule has 1 aliphatic heterocycles. The molecule has 4 rings (SSSR count). The zero-order valence-corrected chi connectivity index (χ0v) is 22.4. The van der Waals surface area contributed by atoms with Gasteiger partial charge in [0.1, 0.15) is 5.84 Å². The molecule has 1 atom stereocenters. The summed E-state index contributed by atoms with van der Waals surface area (Å²) in [7, 11) is -0.984. The largest absolute Gasteiger partial charge is 0.387 e. The summed E-state index contributed by atoms with van der Waals surface area (Å²) in [5.74, 6) is 0.813. The lowest BCUT2D eigenvalue weighted by Gasteiger charge is -2.22. The molecule has 0 radical (unpaired) electrons. The summed E-state index contributed by atoms with van der Waals surface area (Å²) in [4.78, 5) is 37.0. The van der Waals surface area contributed by atoms with Crippen LogP contribution in [0.3, 0.4) is 0 Å². The van der Waals surface area contributed by atoms with Crippen molar-refractivity contribution in [2.24, 2.45) is 10.7 Å². The molecule has 1 aromatic heterocycles. The molecular weight excluding hydrogens is 486 g/mol. The number of fused-ring (bicyclic) bond motifs is 2. The third kappa shape index (κ3) is 6.05. The zero-order chi connectivity index (χ0) is 26.5. The first-order valence-corrected chi connectivity index (χ1v) is 14.3.